The highest BCUT2D eigenvalue weighted by Crippen LogP contribution is 2.23. The number of hydrogen-bond acceptors (Lipinski definition) is 3. The summed E-state index contributed by atoms with van der Waals surface area (Å²) in [6.07, 6.45) is 0.438. The van der Waals surface area contributed by atoms with Crippen LogP contribution in [0.15, 0.2) is 18.2 Å². The van der Waals surface area contributed by atoms with E-state index in [-0.39, 0.29) is 5.75 Å². The molecular weight excluding hydrogens is 164 g/mol. The number of aryl methyl sites for hydroxylation is 1. The summed E-state index contributed by atoms with van der Waals surface area (Å²) >= 11 is 0. The molecule has 3 heteroatoms. The number of benzene rings is 1. The molecule has 1 rings (SSSR count). The molecule has 0 saturated heterocycles. The molecule has 0 aliphatic rings. The Morgan fingerprint density at radius 2 is 2.31 bits per heavy atom. The Morgan fingerprint density at radius 1 is 1.54 bits per heavy atom. The summed E-state index contributed by atoms with van der Waals surface area (Å²) < 4.78 is 0. The fourth-order valence-corrected chi connectivity index (χ4v) is 1.04. The van der Waals surface area contributed by atoms with Crippen LogP contribution < -0.4 is 5.32 Å². The highest BCUT2D eigenvalue weighted by molar-refractivity contribution is 5.56. The van der Waals surface area contributed by atoms with E-state index in [0.717, 1.165) is 5.56 Å². The van der Waals surface area contributed by atoms with Crippen molar-refractivity contribution in [3.63, 3.8) is 0 Å². The number of nitriles is 1. The van der Waals surface area contributed by atoms with Gasteiger partial charge in [0.1, 0.15) is 5.75 Å². The van der Waals surface area contributed by atoms with Crippen LogP contribution in [0.3, 0.4) is 0 Å². The first-order valence-corrected chi connectivity index (χ1v) is 4.14. The molecule has 0 bridgehead atoms. The largest absolute Gasteiger partial charge is 0.506 e. The van der Waals surface area contributed by atoms with Gasteiger partial charge in [0.05, 0.1) is 18.2 Å². The molecule has 0 saturated carbocycles. The van der Waals surface area contributed by atoms with Crippen LogP contribution in [0.25, 0.3) is 0 Å². The smallest absolute Gasteiger partial charge is 0.138 e. The van der Waals surface area contributed by atoms with Gasteiger partial charge in [0.25, 0.3) is 0 Å². The Balaban J connectivity index is 2.62. The molecule has 0 unspecified atom stereocenters. The Bertz CT molecular complexity index is 328. The van der Waals surface area contributed by atoms with E-state index in [4.69, 9.17) is 5.26 Å². The molecule has 0 radical (unpaired) electrons. The van der Waals surface area contributed by atoms with E-state index in [1.165, 1.54) is 0 Å². The Morgan fingerprint density at radius 3 is 2.92 bits per heavy atom. The van der Waals surface area contributed by atoms with Crippen LogP contribution >= 0.6 is 0 Å². The van der Waals surface area contributed by atoms with Crippen molar-refractivity contribution < 1.29 is 5.11 Å². The van der Waals surface area contributed by atoms with E-state index in [9.17, 15) is 5.11 Å². The summed E-state index contributed by atoms with van der Waals surface area (Å²) in [6.45, 7) is 2.48. The molecule has 0 amide bonds. The third kappa shape index (κ3) is 2.68. The minimum absolute atomic E-state index is 0.234. The maximum atomic E-state index is 9.45. The van der Waals surface area contributed by atoms with Gasteiger partial charge in [-0.2, -0.15) is 5.26 Å². The van der Waals surface area contributed by atoms with Crippen LogP contribution in [0.1, 0.15) is 12.0 Å². The maximum Gasteiger partial charge on any atom is 0.138 e. The van der Waals surface area contributed by atoms with Crippen molar-refractivity contribution in [1.29, 1.82) is 5.26 Å². The average Bonchev–Trinajstić information content (AvgIpc) is 2.09. The Labute approximate surface area is 77.6 Å². The van der Waals surface area contributed by atoms with Crippen LogP contribution in [0.4, 0.5) is 5.69 Å². The molecule has 1 aromatic carbocycles. The molecule has 1 aromatic rings. The Hall–Kier alpha value is -1.69. The molecule has 0 fully saturated rings. The van der Waals surface area contributed by atoms with Gasteiger partial charge in [-0.25, -0.2) is 0 Å². The van der Waals surface area contributed by atoms with Crippen molar-refractivity contribution in [2.45, 2.75) is 13.3 Å². The number of anilines is 1. The zero-order chi connectivity index (χ0) is 9.68. The van der Waals surface area contributed by atoms with Crippen LogP contribution in [-0.4, -0.2) is 11.7 Å². The van der Waals surface area contributed by atoms with Gasteiger partial charge in [-0.15, -0.1) is 0 Å². The van der Waals surface area contributed by atoms with E-state index in [1.54, 1.807) is 6.07 Å². The third-order valence-corrected chi connectivity index (χ3v) is 1.71. The molecule has 0 aliphatic heterocycles. The fourth-order valence-electron chi connectivity index (χ4n) is 1.04. The van der Waals surface area contributed by atoms with Crippen molar-refractivity contribution in [1.82, 2.24) is 0 Å². The minimum atomic E-state index is 0.234. The van der Waals surface area contributed by atoms with Crippen LogP contribution in [0.2, 0.25) is 0 Å². The van der Waals surface area contributed by atoms with Gasteiger partial charge >= 0.3 is 0 Å². The van der Waals surface area contributed by atoms with E-state index < -0.39 is 0 Å². The Kier molecular flexibility index (Phi) is 3.15. The van der Waals surface area contributed by atoms with E-state index in [0.29, 0.717) is 18.7 Å². The summed E-state index contributed by atoms with van der Waals surface area (Å²) in [5.41, 5.74) is 1.70. The molecule has 68 valence electrons. The lowest BCUT2D eigenvalue weighted by Gasteiger charge is -2.06. The van der Waals surface area contributed by atoms with E-state index >= 15 is 0 Å². The zero-order valence-electron chi connectivity index (χ0n) is 7.54. The molecule has 0 atom stereocenters. The molecule has 3 nitrogen and oxygen atoms in total. The second-order valence-electron chi connectivity index (χ2n) is 2.86. The SMILES string of the molecule is Cc1ccc(NCCC#N)c(O)c1. The second kappa shape index (κ2) is 4.36. The van der Waals surface area contributed by atoms with Gasteiger partial charge < -0.3 is 10.4 Å². The topological polar surface area (TPSA) is 56.0 Å². The van der Waals surface area contributed by atoms with Crippen molar-refractivity contribution >= 4 is 5.69 Å². The van der Waals surface area contributed by atoms with Gasteiger partial charge in [-0.05, 0) is 24.6 Å². The average molecular weight is 176 g/mol. The predicted molar refractivity (Wildman–Crippen MR) is 51.6 cm³/mol. The van der Waals surface area contributed by atoms with Gasteiger partial charge in [0.15, 0.2) is 0 Å². The highest BCUT2D eigenvalue weighted by atomic mass is 16.3. The lowest BCUT2D eigenvalue weighted by atomic mass is 10.2. The van der Waals surface area contributed by atoms with Gasteiger partial charge in [0, 0.05) is 6.54 Å². The second-order valence-corrected chi connectivity index (χ2v) is 2.86. The van der Waals surface area contributed by atoms with Gasteiger partial charge in [-0.3, -0.25) is 0 Å². The lowest BCUT2D eigenvalue weighted by Crippen LogP contribution is -2.00. The summed E-state index contributed by atoms with van der Waals surface area (Å²) in [5.74, 6) is 0.234. The first kappa shape index (κ1) is 9.40. The van der Waals surface area contributed by atoms with Gasteiger partial charge in [-0.1, -0.05) is 6.07 Å². The molecule has 0 spiro atoms. The van der Waals surface area contributed by atoms with Crippen molar-refractivity contribution in [2.24, 2.45) is 0 Å². The number of phenols is 1. The number of nitrogens with one attached hydrogen (secondary N) is 1. The first-order chi connectivity index (χ1) is 6.24. The maximum absolute atomic E-state index is 9.45. The van der Waals surface area contributed by atoms with Crippen LogP contribution in [0.5, 0.6) is 5.75 Å². The summed E-state index contributed by atoms with van der Waals surface area (Å²) in [4.78, 5) is 0. The predicted octanol–water partition coefficient (Wildman–Crippen LogP) is 2.03. The van der Waals surface area contributed by atoms with E-state index in [2.05, 4.69) is 5.32 Å². The number of hydrogen-bond donors (Lipinski definition) is 2. The molecule has 0 heterocycles. The molecule has 0 aromatic heterocycles. The normalized spacial score (nSPS) is 9.23. The van der Waals surface area contributed by atoms with Crippen molar-refractivity contribution in [2.75, 3.05) is 11.9 Å². The fraction of sp³-hybridized carbons (Fsp3) is 0.300. The summed E-state index contributed by atoms with van der Waals surface area (Å²) in [6, 6.07) is 7.43. The van der Waals surface area contributed by atoms with Gasteiger partial charge in [0.2, 0.25) is 0 Å². The number of nitrogens with zero attached hydrogens (tertiary/aromatic N) is 1. The first-order valence-electron chi connectivity index (χ1n) is 4.14. The van der Waals surface area contributed by atoms with Crippen LogP contribution in [-0.2, 0) is 0 Å². The minimum Gasteiger partial charge on any atom is -0.506 e. The molecular formula is C10H12N2O. The van der Waals surface area contributed by atoms with Crippen molar-refractivity contribution in [3.8, 4) is 11.8 Å². The number of aromatic hydroxyl groups is 1. The quantitative estimate of drug-likeness (QED) is 0.547. The molecule has 13 heavy (non-hydrogen) atoms. The molecule has 2 N–H and O–H groups in total. The zero-order valence-corrected chi connectivity index (χ0v) is 7.54. The van der Waals surface area contributed by atoms with E-state index in [1.807, 2.05) is 25.1 Å². The summed E-state index contributed by atoms with van der Waals surface area (Å²) in [7, 11) is 0. The number of rotatable bonds is 3. The standard InChI is InChI=1S/C10H12N2O/c1-8-3-4-9(10(13)7-8)12-6-2-5-11/h3-4,7,12-13H,2,6H2,1H3. The van der Waals surface area contributed by atoms with Crippen molar-refractivity contribution in [3.05, 3.63) is 23.8 Å². The summed E-state index contributed by atoms with van der Waals surface area (Å²) in [5, 5.41) is 20.7. The van der Waals surface area contributed by atoms with Crippen LogP contribution in [0, 0.1) is 18.3 Å². The lowest BCUT2D eigenvalue weighted by molar-refractivity contribution is 0.477. The highest BCUT2D eigenvalue weighted by Gasteiger charge is 1.98. The monoisotopic (exact) mass is 176 g/mol. The number of phenolic OH excluding ortho intramolecular Hbond substituents is 1. The molecule has 0 aliphatic carbocycles. The third-order valence-electron chi connectivity index (χ3n) is 1.71.